The topological polar surface area (TPSA) is 98.0 Å². The summed E-state index contributed by atoms with van der Waals surface area (Å²) in [6.07, 6.45) is 1.93. The number of rotatable bonds is 9. The van der Waals surface area contributed by atoms with Gasteiger partial charge in [-0.05, 0) is 41.8 Å². The van der Waals surface area contributed by atoms with Crippen LogP contribution >= 0.6 is 0 Å². The number of carbonyl (C=O) groups is 1. The van der Waals surface area contributed by atoms with Gasteiger partial charge in [0.25, 0.3) is 5.91 Å². The third kappa shape index (κ3) is 5.44. The standard InChI is InChI=1S/C27H25NO6/c1-32-21-9-7-19(8-10-21)24-16-34-25-14-22(11-12-23(25)27(24)31)33-17-26(30)28-20(15-29)13-18-5-3-2-4-6-18/h2-12,14,16,20,29H,13,15,17H2,1H3,(H,28,30). The number of methoxy groups -OCH3 is 1. The first-order chi connectivity index (χ1) is 16.6. The van der Waals surface area contributed by atoms with Gasteiger partial charge < -0.3 is 24.3 Å². The molecule has 0 aliphatic heterocycles. The molecule has 1 amide bonds. The normalized spacial score (nSPS) is 11.7. The highest BCUT2D eigenvalue weighted by molar-refractivity contribution is 5.83. The van der Waals surface area contributed by atoms with Crippen molar-refractivity contribution in [2.75, 3.05) is 20.3 Å². The Morgan fingerprint density at radius 3 is 2.47 bits per heavy atom. The first-order valence-corrected chi connectivity index (χ1v) is 10.8. The molecule has 1 unspecified atom stereocenters. The Bertz CT molecular complexity index is 1310. The molecule has 1 heterocycles. The number of hydrogen-bond donors (Lipinski definition) is 2. The van der Waals surface area contributed by atoms with Gasteiger partial charge in [-0.2, -0.15) is 0 Å². The first-order valence-electron chi connectivity index (χ1n) is 10.8. The van der Waals surface area contributed by atoms with Crippen molar-refractivity contribution in [2.45, 2.75) is 12.5 Å². The van der Waals surface area contributed by atoms with Crippen LogP contribution in [-0.2, 0) is 11.2 Å². The Morgan fingerprint density at radius 1 is 1.03 bits per heavy atom. The molecule has 0 spiro atoms. The van der Waals surface area contributed by atoms with Gasteiger partial charge in [-0.15, -0.1) is 0 Å². The van der Waals surface area contributed by atoms with Crippen molar-refractivity contribution in [2.24, 2.45) is 0 Å². The Morgan fingerprint density at radius 2 is 1.76 bits per heavy atom. The molecule has 7 heteroatoms. The smallest absolute Gasteiger partial charge is 0.258 e. The Hall–Kier alpha value is -4.10. The summed E-state index contributed by atoms with van der Waals surface area (Å²) >= 11 is 0. The lowest BCUT2D eigenvalue weighted by Gasteiger charge is -2.16. The van der Waals surface area contributed by atoms with Gasteiger partial charge in [0.1, 0.15) is 23.3 Å². The van der Waals surface area contributed by atoms with Gasteiger partial charge in [-0.1, -0.05) is 42.5 Å². The maximum Gasteiger partial charge on any atom is 0.258 e. The van der Waals surface area contributed by atoms with E-state index in [2.05, 4.69) is 5.32 Å². The van der Waals surface area contributed by atoms with E-state index >= 15 is 0 Å². The van der Waals surface area contributed by atoms with Crippen LogP contribution in [0.3, 0.4) is 0 Å². The molecule has 7 nitrogen and oxygen atoms in total. The molecule has 0 saturated heterocycles. The van der Waals surface area contributed by atoms with Crippen molar-refractivity contribution >= 4 is 16.9 Å². The molecule has 0 bridgehead atoms. The molecular weight excluding hydrogens is 434 g/mol. The highest BCUT2D eigenvalue weighted by Gasteiger charge is 2.14. The number of aliphatic hydroxyl groups is 1. The second-order valence-electron chi connectivity index (χ2n) is 7.79. The summed E-state index contributed by atoms with van der Waals surface area (Å²) < 4.78 is 16.4. The number of amides is 1. The van der Waals surface area contributed by atoms with Crippen LogP contribution in [0.1, 0.15) is 5.56 Å². The third-order valence-corrected chi connectivity index (χ3v) is 5.43. The van der Waals surface area contributed by atoms with Crippen molar-refractivity contribution in [1.29, 1.82) is 0 Å². The summed E-state index contributed by atoms with van der Waals surface area (Å²) in [6, 6.07) is 21.2. The molecule has 2 N–H and O–H groups in total. The highest BCUT2D eigenvalue weighted by atomic mass is 16.5. The molecule has 0 fully saturated rings. The minimum Gasteiger partial charge on any atom is -0.497 e. The summed E-state index contributed by atoms with van der Waals surface area (Å²) in [5.74, 6) is 0.739. The van der Waals surface area contributed by atoms with Crippen LogP contribution in [-0.4, -0.2) is 37.4 Å². The van der Waals surface area contributed by atoms with Crippen molar-refractivity contribution < 1.29 is 23.8 Å². The number of nitrogens with one attached hydrogen (secondary N) is 1. The van der Waals surface area contributed by atoms with E-state index < -0.39 is 6.04 Å². The average Bonchev–Trinajstić information content (AvgIpc) is 2.88. The van der Waals surface area contributed by atoms with Crippen LogP contribution in [0.25, 0.3) is 22.1 Å². The molecule has 1 aromatic heterocycles. The maximum atomic E-state index is 12.9. The van der Waals surface area contributed by atoms with Gasteiger partial charge in [0.2, 0.25) is 0 Å². The maximum absolute atomic E-state index is 12.9. The van der Waals surface area contributed by atoms with Crippen LogP contribution in [0.2, 0.25) is 0 Å². The second-order valence-corrected chi connectivity index (χ2v) is 7.79. The second kappa shape index (κ2) is 10.7. The summed E-state index contributed by atoms with van der Waals surface area (Å²) in [6.45, 7) is -0.413. The molecule has 0 saturated carbocycles. The van der Waals surface area contributed by atoms with Crippen molar-refractivity contribution in [3.63, 3.8) is 0 Å². The largest absolute Gasteiger partial charge is 0.497 e. The third-order valence-electron chi connectivity index (χ3n) is 5.43. The van der Waals surface area contributed by atoms with Gasteiger partial charge in [0.15, 0.2) is 12.0 Å². The van der Waals surface area contributed by atoms with Crippen LogP contribution in [0.4, 0.5) is 0 Å². The first kappa shape index (κ1) is 23.1. The van der Waals surface area contributed by atoms with Gasteiger partial charge in [0.05, 0.1) is 30.7 Å². The average molecular weight is 459 g/mol. The van der Waals surface area contributed by atoms with Crippen LogP contribution in [0.15, 0.2) is 88.3 Å². The van der Waals surface area contributed by atoms with Crippen molar-refractivity contribution in [3.05, 3.63) is 94.8 Å². The summed E-state index contributed by atoms with van der Waals surface area (Å²) in [7, 11) is 1.58. The molecule has 3 aromatic carbocycles. The van der Waals surface area contributed by atoms with E-state index in [1.165, 1.54) is 6.26 Å². The number of benzene rings is 3. The predicted octanol–water partition coefficient (Wildman–Crippen LogP) is 3.57. The van der Waals surface area contributed by atoms with E-state index in [4.69, 9.17) is 13.9 Å². The zero-order valence-electron chi connectivity index (χ0n) is 18.7. The number of fused-ring (bicyclic) bond motifs is 1. The quantitative estimate of drug-likeness (QED) is 0.397. The fourth-order valence-corrected chi connectivity index (χ4v) is 3.65. The fraction of sp³-hybridized carbons (Fsp3) is 0.185. The molecule has 4 rings (SSSR count). The Labute approximate surface area is 196 Å². The lowest BCUT2D eigenvalue weighted by molar-refractivity contribution is -0.124. The molecular formula is C27H25NO6. The van der Waals surface area contributed by atoms with E-state index in [0.717, 1.165) is 11.1 Å². The van der Waals surface area contributed by atoms with E-state index in [1.54, 1.807) is 49.6 Å². The lowest BCUT2D eigenvalue weighted by Crippen LogP contribution is -2.41. The molecule has 1 atom stereocenters. The summed E-state index contributed by atoms with van der Waals surface area (Å²) in [5.41, 5.74) is 2.38. The lowest BCUT2D eigenvalue weighted by atomic mass is 10.1. The van der Waals surface area contributed by atoms with Crippen LogP contribution < -0.4 is 20.2 Å². The summed E-state index contributed by atoms with van der Waals surface area (Å²) in [4.78, 5) is 25.3. The zero-order valence-corrected chi connectivity index (χ0v) is 18.7. The van der Waals surface area contributed by atoms with E-state index in [9.17, 15) is 14.7 Å². The Kier molecular flexibility index (Phi) is 7.25. The molecule has 174 valence electrons. The molecule has 34 heavy (non-hydrogen) atoms. The molecule has 0 aliphatic carbocycles. The highest BCUT2D eigenvalue weighted by Crippen LogP contribution is 2.24. The van der Waals surface area contributed by atoms with Crippen LogP contribution in [0, 0.1) is 0 Å². The minimum atomic E-state index is -0.412. The number of aliphatic hydroxyl groups excluding tert-OH is 1. The zero-order chi connectivity index (χ0) is 23.9. The SMILES string of the molecule is COc1ccc(-c2coc3cc(OCC(=O)NC(CO)Cc4ccccc4)ccc3c2=O)cc1. The molecule has 0 radical (unpaired) electrons. The van der Waals surface area contributed by atoms with Gasteiger partial charge >= 0.3 is 0 Å². The van der Waals surface area contributed by atoms with E-state index in [1.807, 2.05) is 30.3 Å². The number of carbonyl (C=O) groups excluding carboxylic acids is 1. The van der Waals surface area contributed by atoms with Crippen LogP contribution in [0.5, 0.6) is 11.5 Å². The fourth-order valence-electron chi connectivity index (χ4n) is 3.65. The van der Waals surface area contributed by atoms with Crippen molar-refractivity contribution in [3.8, 4) is 22.6 Å². The minimum absolute atomic E-state index is 0.164. The monoisotopic (exact) mass is 459 g/mol. The molecule has 4 aromatic rings. The Balaban J connectivity index is 1.41. The predicted molar refractivity (Wildman–Crippen MR) is 129 cm³/mol. The van der Waals surface area contributed by atoms with Gasteiger partial charge in [-0.3, -0.25) is 9.59 Å². The van der Waals surface area contributed by atoms with Gasteiger partial charge in [-0.25, -0.2) is 0 Å². The molecule has 0 aliphatic rings. The van der Waals surface area contributed by atoms with E-state index in [0.29, 0.717) is 34.5 Å². The summed E-state index contributed by atoms with van der Waals surface area (Å²) in [5, 5.41) is 12.8. The van der Waals surface area contributed by atoms with Crippen molar-refractivity contribution in [1.82, 2.24) is 5.32 Å². The number of ether oxygens (including phenoxy) is 2. The van der Waals surface area contributed by atoms with E-state index in [-0.39, 0.29) is 24.5 Å². The number of hydrogen-bond acceptors (Lipinski definition) is 6. The van der Waals surface area contributed by atoms with Gasteiger partial charge in [0, 0.05) is 6.07 Å².